The lowest BCUT2D eigenvalue weighted by Crippen LogP contribution is -2.49. The fourth-order valence-electron chi connectivity index (χ4n) is 2.54. The van der Waals surface area contributed by atoms with Gasteiger partial charge in [-0.2, -0.15) is 0 Å². The zero-order valence-corrected chi connectivity index (χ0v) is 14.2. The van der Waals surface area contributed by atoms with Gasteiger partial charge in [0.2, 0.25) is 0 Å². The minimum atomic E-state index is 0.292. The first-order chi connectivity index (χ1) is 9.56. The van der Waals surface area contributed by atoms with Crippen molar-refractivity contribution in [2.75, 3.05) is 26.2 Å². The molecule has 1 aromatic carbocycles. The first-order valence-corrected chi connectivity index (χ1v) is 8.20. The molecule has 112 valence electrons. The van der Waals surface area contributed by atoms with Crippen LogP contribution in [-0.4, -0.2) is 43.3 Å². The summed E-state index contributed by atoms with van der Waals surface area (Å²) in [6, 6.07) is 9.40. The van der Waals surface area contributed by atoms with E-state index in [2.05, 4.69) is 71.2 Å². The van der Waals surface area contributed by atoms with Crippen LogP contribution in [0.3, 0.4) is 0 Å². The van der Waals surface area contributed by atoms with Crippen molar-refractivity contribution >= 4 is 15.9 Å². The summed E-state index contributed by atoms with van der Waals surface area (Å²) < 4.78 is 6.98. The molecule has 1 unspecified atom stereocenters. The minimum Gasteiger partial charge on any atom is -0.374 e. The van der Waals surface area contributed by atoms with E-state index in [1.54, 1.807) is 0 Å². The maximum absolute atomic E-state index is 5.85. The average molecular weight is 341 g/mol. The second-order valence-corrected chi connectivity index (χ2v) is 6.68. The Labute approximate surface area is 130 Å². The lowest BCUT2D eigenvalue weighted by molar-refractivity contribution is -0.0379. The summed E-state index contributed by atoms with van der Waals surface area (Å²) in [7, 11) is 0. The van der Waals surface area contributed by atoms with Gasteiger partial charge in [-0.05, 0) is 38.5 Å². The summed E-state index contributed by atoms with van der Waals surface area (Å²) in [5.41, 5.74) is 1.30. The van der Waals surface area contributed by atoms with E-state index in [1.165, 1.54) is 5.56 Å². The second kappa shape index (κ2) is 7.55. The van der Waals surface area contributed by atoms with Crippen molar-refractivity contribution < 1.29 is 4.74 Å². The topological polar surface area (TPSA) is 24.5 Å². The van der Waals surface area contributed by atoms with Crippen LogP contribution in [0.25, 0.3) is 0 Å². The van der Waals surface area contributed by atoms with Gasteiger partial charge in [0, 0.05) is 36.2 Å². The highest BCUT2D eigenvalue weighted by atomic mass is 79.9. The highest BCUT2D eigenvalue weighted by molar-refractivity contribution is 9.10. The summed E-state index contributed by atoms with van der Waals surface area (Å²) in [5.74, 6) is 0. The molecular formula is C16H25BrN2O. The standard InChI is InChI=1S/C16H25BrN2O/c1-12(2)19-7-8-20-16(11-19)10-18-13(3)14-5-4-6-15(17)9-14/h4-6,9,12-13,16,18H,7-8,10-11H2,1-3H3/t13-,16?/m0/s1. The number of rotatable bonds is 5. The molecular weight excluding hydrogens is 316 g/mol. The van der Waals surface area contributed by atoms with E-state index in [0.29, 0.717) is 18.2 Å². The van der Waals surface area contributed by atoms with Crippen molar-refractivity contribution in [3.8, 4) is 0 Å². The molecule has 1 aromatic rings. The normalized spacial score (nSPS) is 22.1. The van der Waals surface area contributed by atoms with Crippen molar-refractivity contribution in [2.24, 2.45) is 0 Å². The van der Waals surface area contributed by atoms with E-state index in [1.807, 2.05) is 0 Å². The first kappa shape index (κ1) is 16.0. The predicted molar refractivity (Wildman–Crippen MR) is 87.0 cm³/mol. The number of ether oxygens (including phenoxy) is 1. The number of nitrogens with one attached hydrogen (secondary N) is 1. The van der Waals surface area contributed by atoms with Crippen LogP contribution in [0.4, 0.5) is 0 Å². The van der Waals surface area contributed by atoms with Gasteiger partial charge in [-0.3, -0.25) is 4.90 Å². The van der Waals surface area contributed by atoms with Crippen LogP contribution in [0, 0.1) is 0 Å². The van der Waals surface area contributed by atoms with Crippen LogP contribution in [0.1, 0.15) is 32.4 Å². The monoisotopic (exact) mass is 340 g/mol. The van der Waals surface area contributed by atoms with E-state index in [0.717, 1.165) is 30.7 Å². The molecule has 2 rings (SSSR count). The van der Waals surface area contributed by atoms with E-state index < -0.39 is 0 Å². The zero-order chi connectivity index (χ0) is 14.5. The maximum atomic E-state index is 5.85. The van der Waals surface area contributed by atoms with Crippen LogP contribution in [0.2, 0.25) is 0 Å². The molecule has 1 fully saturated rings. The Kier molecular flexibility index (Phi) is 6.02. The third kappa shape index (κ3) is 4.55. The molecule has 0 bridgehead atoms. The molecule has 4 heteroatoms. The van der Waals surface area contributed by atoms with Gasteiger partial charge >= 0.3 is 0 Å². The van der Waals surface area contributed by atoms with E-state index >= 15 is 0 Å². The van der Waals surface area contributed by atoms with Crippen LogP contribution in [-0.2, 0) is 4.74 Å². The number of hydrogen-bond acceptors (Lipinski definition) is 3. The number of halogens is 1. The summed E-state index contributed by atoms with van der Waals surface area (Å²) in [6.07, 6.45) is 0.292. The molecule has 0 amide bonds. The van der Waals surface area contributed by atoms with Crippen molar-refractivity contribution in [2.45, 2.75) is 39.0 Å². The molecule has 0 spiro atoms. The molecule has 1 aliphatic heterocycles. The first-order valence-electron chi connectivity index (χ1n) is 7.40. The third-order valence-electron chi connectivity index (χ3n) is 3.90. The molecule has 0 saturated carbocycles. The fourth-order valence-corrected chi connectivity index (χ4v) is 2.95. The molecule has 1 aliphatic rings. The second-order valence-electron chi connectivity index (χ2n) is 5.77. The molecule has 1 saturated heterocycles. The Balaban J connectivity index is 1.82. The molecule has 2 atom stereocenters. The number of morpholine rings is 1. The SMILES string of the molecule is CC(C)N1CCOC(CN[C@@H](C)c2cccc(Br)c2)C1. The van der Waals surface area contributed by atoms with Gasteiger partial charge < -0.3 is 10.1 Å². The van der Waals surface area contributed by atoms with Gasteiger partial charge in [-0.1, -0.05) is 28.1 Å². The lowest BCUT2D eigenvalue weighted by atomic mass is 10.1. The van der Waals surface area contributed by atoms with E-state index in [9.17, 15) is 0 Å². The van der Waals surface area contributed by atoms with Crippen molar-refractivity contribution in [1.29, 1.82) is 0 Å². The fraction of sp³-hybridized carbons (Fsp3) is 0.625. The van der Waals surface area contributed by atoms with Gasteiger partial charge in [0.05, 0.1) is 12.7 Å². The maximum Gasteiger partial charge on any atom is 0.0827 e. The Morgan fingerprint density at radius 3 is 2.90 bits per heavy atom. The quantitative estimate of drug-likeness (QED) is 0.890. The van der Waals surface area contributed by atoms with E-state index in [-0.39, 0.29) is 0 Å². The van der Waals surface area contributed by atoms with Gasteiger partial charge in [-0.25, -0.2) is 0 Å². The lowest BCUT2D eigenvalue weighted by Gasteiger charge is -2.36. The van der Waals surface area contributed by atoms with E-state index in [4.69, 9.17) is 4.74 Å². The molecule has 20 heavy (non-hydrogen) atoms. The van der Waals surface area contributed by atoms with Crippen LogP contribution < -0.4 is 5.32 Å². The summed E-state index contributed by atoms with van der Waals surface area (Å²) >= 11 is 3.52. The summed E-state index contributed by atoms with van der Waals surface area (Å²) in [4.78, 5) is 2.49. The molecule has 0 aliphatic carbocycles. The van der Waals surface area contributed by atoms with Gasteiger partial charge in [0.1, 0.15) is 0 Å². The van der Waals surface area contributed by atoms with Crippen molar-refractivity contribution in [3.05, 3.63) is 34.3 Å². The van der Waals surface area contributed by atoms with Crippen LogP contribution in [0.15, 0.2) is 28.7 Å². The number of hydrogen-bond donors (Lipinski definition) is 1. The number of nitrogens with zero attached hydrogens (tertiary/aromatic N) is 1. The third-order valence-corrected chi connectivity index (χ3v) is 4.39. The predicted octanol–water partition coefficient (Wildman–Crippen LogP) is 3.21. The Morgan fingerprint density at radius 1 is 1.40 bits per heavy atom. The smallest absolute Gasteiger partial charge is 0.0827 e. The van der Waals surface area contributed by atoms with Crippen LogP contribution >= 0.6 is 15.9 Å². The summed E-state index contributed by atoms with van der Waals surface area (Å²) in [6.45, 7) is 10.5. The van der Waals surface area contributed by atoms with Crippen molar-refractivity contribution in [1.82, 2.24) is 10.2 Å². The summed E-state index contributed by atoms with van der Waals surface area (Å²) in [5, 5.41) is 3.58. The molecule has 0 radical (unpaired) electrons. The van der Waals surface area contributed by atoms with Gasteiger partial charge in [-0.15, -0.1) is 0 Å². The van der Waals surface area contributed by atoms with Crippen molar-refractivity contribution in [3.63, 3.8) is 0 Å². The highest BCUT2D eigenvalue weighted by Gasteiger charge is 2.22. The van der Waals surface area contributed by atoms with Gasteiger partial charge in [0.25, 0.3) is 0 Å². The Morgan fingerprint density at radius 2 is 2.20 bits per heavy atom. The zero-order valence-electron chi connectivity index (χ0n) is 12.6. The molecule has 0 aromatic heterocycles. The molecule has 1 N–H and O–H groups in total. The largest absolute Gasteiger partial charge is 0.374 e. The minimum absolute atomic E-state index is 0.292. The Hall–Kier alpha value is -0.420. The van der Waals surface area contributed by atoms with Gasteiger partial charge in [0.15, 0.2) is 0 Å². The average Bonchev–Trinajstić information content (AvgIpc) is 2.45. The molecule has 3 nitrogen and oxygen atoms in total. The number of benzene rings is 1. The highest BCUT2D eigenvalue weighted by Crippen LogP contribution is 2.18. The molecule has 1 heterocycles. The van der Waals surface area contributed by atoms with Crippen LogP contribution in [0.5, 0.6) is 0 Å². The Bertz CT molecular complexity index is 425.